The quantitative estimate of drug-likeness (QED) is 0.0321. The van der Waals surface area contributed by atoms with Gasteiger partial charge in [-0.1, -0.05) is 256 Å². The number of rotatable bonds is 54. The van der Waals surface area contributed by atoms with Crippen LogP contribution in [-0.4, -0.2) is 47.4 Å². The van der Waals surface area contributed by atoms with Gasteiger partial charge in [0.05, 0.1) is 25.4 Å². The standard InChI is InChI=1S/C59H113NO5/c1-3-5-7-9-11-13-15-17-19-21-23-24-25-26-28-30-32-35-39-43-47-51-57(62)56(55-61)60-58(63)52-48-44-40-36-34-38-42-46-50-54-65-59(64)53-49-45-41-37-33-31-29-27-22-20-18-16-14-12-10-8-6-4-2/h20,22,36,40,56-57,61-62H,3-19,21,23-35,37-39,41-55H2,1-2H3,(H,60,63)/b22-20-,40-36-. The third kappa shape index (κ3) is 51.6. The van der Waals surface area contributed by atoms with Gasteiger partial charge in [-0.15, -0.1) is 0 Å². The minimum Gasteiger partial charge on any atom is -0.466 e. The van der Waals surface area contributed by atoms with E-state index in [9.17, 15) is 19.8 Å². The molecule has 0 saturated heterocycles. The SMILES string of the molecule is CCCCCCCCC/C=C\CCCCCCCCCC(=O)OCCCCCC/C=C\CCCC(=O)NC(CO)C(O)CCCCCCCCCCCCCCCCCCCCCCC. The maximum Gasteiger partial charge on any atom is 0.305 e. The Bertz CT molecular complexity index is 1010. The number of hydrogen-bond acceptors (Lipinski definition) is 5. The van der Waals surface area contributed by atoms with Crippen LogP contribution in [0.3, 0.4) is 0 Å². The second-order valence-corrected chi connectivity index (χ2v) is 20.0. The molecule has 0 rings (SSSR count). The molecule has 2 atom stereocenters. The Morgan fingerprint density at radius 2 is 0.738 bits per heavy atom. The molecule has 0 heterocycles. The number of amides is 1. The van der Waals surface area contributed by atoms with Crippen molar-refractivity contribution < 1.29 is 24.5 Å². The van der Waals surface area contributed by atoms with E-state index in [1.165, 1.54) is 212 Å². The number of carbonyl (C=O) groups excluding carboxylic acids is 2. The number of nitrogens with one attached hydrogen (secondary N) is 1. The summed E-state index contributed by atoms with van der Waals surface area (Å²) in [6.07, 6.45) is 66.0. The van der Waals surface area contributed by atoms with Crippen molar-refractivity contribution in [1.82, 2.24) is 5.32 Å². The lowest BCUT2D eigenvalue weighted by molar-refractivity contribution is -0.143. The number of ether oxygens (including phenoxy) is 1. The van der Waals surface area contributed by atoms with Crippen molar-refractivity contribution in [3.05, 3.63) is 24.3 Å². The highest BCUT2D eigenvalue weighted by atomic mass is 16.5. The summed E-state index contributed by atoms with van der Waals surface area (Å²) in [4.78, 5) is 24.6. The Kier molecular flexibility index (Phi) is 53.5. The number of aliphatic hydroxyl groups is 2. The van der Waals surface area contributed by atoms with Gasteiger partial charge in [0.15, 0.2) is 0 Å². The number of unbranched alkanes of at least 4 members (excludes halogenated alkanes) is 39. The van der Waals surface area contributed by atoms with Crippen molar-refractivity contribution in [1.29, 1.82) is 0 Å². The first-order chi connectivity index (χ1) is 32.0. The topological polar surface area (TPSA) is 95.9 Å². The molecule has 0 aliphatic rings. The van der Waals surface area contributed by atoms with Gasteiger partial charge in [0, 0.05) is 12.8 Å². The van der Waals surface area contributed by atoms with Crippen LogP contribution in [0, 0.1) is 0 Å². The molecule has 0 aromatic rings. The highest BCUT2D eigenvalue weighted by Gasteiger charge is 2.20. The largest absolute Gasteiger partial charge is 0.466 e. The van der Waals surface area contributed by atoms with Gasteiger partial charge in [-0.25, -0.2) is 0 Å². The van der Waals surface area contributed by atoms with E-state index in [2.05, 4.69) is 43.5 Å². The smallest absolute Gasteiger partial charge is 0.305 e. The van der Waals surface area contributed by atoms with Gasteiger partial charge in [0.1, 0.15) is 0 Å². The van der Waals surface area contributed by atoms with Crippen LogP contribution in [0.1, 0.15) is 316 Å². The van der Waals surface area contributed by atoms with Crippen molar-refractivity contribution in [2.75, 3.05) is 13.2 Å². The van der Waals surface area contributed by atoms with Crippen LogP contribution < -0.4 is 5.32 Å². The molecule has 6 heteroatoms. The summed E-state index contributed by atoms with van der Waals surface area (Å²) in [5, 5.41) is 23.3. The van der Waals surface area contributed by atoms with Crippen LogP contribution in [-0.2, 0) is 14.3 Å². The lowest BCUT2D eigenvalue weighted by Gasteiger charge is -2.22. The van der Waals surface area contributed by atoms with Crippen LogP contribution >= 0.6 is 0 Å². The van der Waals surface area contributed by atoms with Crippen LogP contribution in [0.2, 0.25) is 0 Å². The van der Waals surface area contributed by atoms with E-state index in [1.54, 1.807) is 0 Å². The van der Waals surface area contributed by atoms with Gasteiger partial charge in [-0.05, 0) is 70.6 Å². The van der Waals surface area contributed by atoms with Gasteiger partial charge >= 0.3 is 5.97 Å². The molecule has 0 bridgehead atoms. The second kappa shape index (κ2) is 54.9. The molecule has 2 unspecified atom stereocenters. The number of allylic oxidation sites excluding steroid dienone is 4. The van der Waals surface area contributed by atoms with E-state index in [4.69, 9.17) is 4.74 Å². The third-order valence-corrected chi connectivity index (χ3v) is 13.5. The van der Waals surface area contributed by atoms with Gasteiger partial charge in [-0.3, -0.25) is 9.59 Å². The molecule has 3 N–H and O–H groups in total. The number of hydrogen-bond donors (Lipinski definition) is 3. The van der Waals surface area contributed by atoms with E-state index >= 15 is 0 Å². The van der Waals surface area contributed by atoms with E-state index in [-0.39, 0.29) is 18.5 Å². The summed E-state index contributed by atoms with van der Waals surface area (Å²) >= 11 is 0. The summed E-state index contributed by atoms with van der Waals surface area (Å²) < 4.78 is 5.46. The first-order valence-electron chi connectivity index (χ1n) is 29.1. The zero-order valence-corrected chi connectivity index (χ0v) is 43.7. The van der Waals surface area contributed by atoms with Crippen molar-refractivity contribution >= 4 is 11.9 Å². The molecule has 0 fully saturated rings. The van der Waals surface area contributed by atoms with Gasteiger partial charge in [0.2, 0.25) is 5.91 Å². The van der Waals surface area contributed by atoms with Crippen LogP contribution in [0.5, 0.6) is 0 Å². The molecule has 6 nitrogen and oxygen atoms in total. The molecule has 0 aromatic carbocycles. The van der Waals surface area contributed by atoms with Gasteiger partial charge in [0.25, 0.3) is 0 Å². The molecule has 0 aliphatic heterocycles. The Balaban J connectivity index is 3.51. The summed E-state index contributed by atoms with van der Waals surface area (Å²) in [6, 6.07) is -0.580. The molecule has 0 aliphatic carbocycles. The first-order valence-corrected chi connectivity index (χ1v) is 29.1. The molecular weight excluding hydrogens is 803 g/mol. The van der Waals surface area contributed by atoms with E-state index < -0.39 is 12.1 Å². The predicted molar refractivity (Wildman–Crippen MR) is 283 cm³/mol. The molecular formula is C59H113NO5. The first kappa shape index (κ1) is 63.3. The normalized spacial score (nSPS) is 12.7. The zero-order chi connectivity index (χ0) is 47.2. The highest BCUT2D eigenvalue weighted by Crippen LogP contribution is 2.17. The fourth-order valence-corrected chi connectivity index (χ4v) is 8.99. The van der Waals surface area contributed by atoms with Crippen molar-refractivity contribution in [2.24, 2.45) is 0 Å². The highest BCUT2D eigenvalue weighted by molar-refractivity contribution is 5.76. The van der Waals surface area contributed by atoms with Gasteiger partial charge < -0.3 is 20.3 Å². The monoisotopic (exact) mass is 916 g/mol. The minimum absolute atomic E-state index is 0.0377. The third-order valence-electron chi connectivity index (χ3n) is 13.5. The molecule has 384 valence electrons. The second-order valence-electron chi connectivity index (χ2n) is 20.0. The fourth-order valence-electron chi connectivity index (χ4n) is 8.99. The fraction of sp³-hybridized carbons (Fsp3) is 0.898. The van der Waals surface area contributed by atoms with E-state index in [0.29, 0.717) is 25.9 Å². The number of aliphatic hydroxyl groups excluding tert-OH is 2. The maximum atomic E-state index is 12.5. The molecule has 0 radical (unpaired) electrons. The summed E-state index contributed by atoms with van der Waals surface area (Å²) in [5.74, 6) is -0.131. The van der Waals surface area contributed by atoms with Crippen molar-refractivity contribution in [2.45, 2.75) is 328 Å². The summed E-state index contributed by atoms with van der Waals surface area (Å²) in [6.45, 7) is 4.88. The number of esters is 1. The van der Waals surface area contributed by atoms with Crippen LogP contribution in [0.25, 0.3) is 0 Å². The number of carbonyl (C=O) groups is 2. The molecule has 0 saturated carbocycles. The van der Waals surface area contributed by atoms with Crippen LogP contribution in [0.4, 0.5) is 0 Å². The Labute approximate surface area is 405 Å². The van der Waals surface area contributed by atoms with Gasteiger partial charge in [-0.2, -0.15) is 0 Å². The molecule has 1 amide bonds. The molecule has 0 aromatic heterocycles. The molecule has 0 spiro atoms. The average molecular weight is 917 g/mol. The lowest BCUT2D eigenvalue weighted by Crippen LogP contribution is -2.45. The Morgan fingerprint density at radius 3 is 1.12 bits per heavy atom. The predicted octanol–water partition coefficient (Wildman–Crippen LogP) is 17.9. The molecule has 65 heavy (non-hydrogen) atoms. The summed E-state index contributed by atoms with van der Waals surface area (Å²) in [7, 11) is 0. The van der Waals surface area contributed by atoms with E-state index in [1.807, 2.05) is 0 Å². The summed E-state index contributed by atoms with van der Waals surface area (Å²) in [5.41, 5.74) is 0. The Morgan fingerprint density at radius 1 is 0.415 bits per heavy atom. The lowest BCUT2D eigenvalue weighted by atomic mass is 10.0. The average Bonchev–Trinajstić information content (AvgIpc) is 3.31. The maximum absolute atomic E-state index is 12.5. The zero-order valence-electron chi connectivity index (χ0n) is 43.7. The van der Waals surface area contributed by atoms with Crippen LogP contribution in [0.15, 0.2) is 24.3 Å². The van der Waals surface area contributed by atoms with Crippen molar-refractivity contribution in [3.63, 3.8) is 0 Å². The Hall–Kier alpha value is -1.66. The van der Waals surface area contributed by atoms with E-state index in [0.717, 1.165) is 70.6 Å². The van der Waals surface area contributed by atoms with Crippen molar-refractivity contribution in [3.8, 4) is 0 Å². The minimum atomic E-state index is -0.696.